The van der Waals surface area contributed by atoms with Gasteiger partial charge in [-0.3, -0.25) is 10.1 Å². The van der Waals surface area contributed by atoms with Crippen LogP contribution in [0.15, 0.2) is 12.4 Å². The van der Waals surface area contributed by atoms with Crippen molar-refractivity contribution in [1.29, 1.82) is 0 Å². The normalized spacial score (nSPS) is 30.9. The number of rotatable bonds is 3. The lowest BCUT2D eigenvalue weighted by molar-refractivity contribution is -0.385. The van der Waals surface area contributed by atoms with Crippen LogP contribution in [0.25, 0.3) is 0 Å². The second kappa shape index (κ2) is 3.38. The van der Waals surface area contributed by atoms with Crippen LogP contribution in [0.5, 0.6) is 0 Å². The highest BCUT2D eigenvalue weighted by Gasteiger charge is 2.53. The van der Waals surface area contributed by atoms with Crippen LogP contribution >= 0.6 is 0 Å². The molecule has 1 aliphatic heterocycles. The molecule has 0 spiro atoms. The Labute approximate surface area is 91.4 Å². The topological polar surface area (TPSA) is 93.0 Å². The molecular weight excluding hydrogens is 210 g/mol. The van der Waals surface area contributed by atoms with Gasteiger partial charge in [-0.25, -0.2) is 9.97 Å². The van der Waals surface area contributed by atoms with Gasteiger partial charge in [0, 0.05) is 19.1 Å². The molecule has 1 aromatic heterocycles. The van der Waals surface area contributed by atoms with Crippen molar-refractivity contribution in [1.82, 2.24) is 15.3 Å². The molecule has 0 bridgehead atoms. The molecule has 1 saturated carbocycles. The second-order valence-electron chi connectivity index (χ2n) is 4.18. The lowest BCUT2D eigenvalue weighted by Gasteiger charge is -2.06. The van der Waals surface area contributed by atoms with Crippen molar-refractivity contribution in [3.63, 3.8) is 0 Å². The smallest absolute Gasteiger partial charge is 0.305 e. The van der Waals surface area contributed by atoms with Gasteiger partial charge < -0.3 is 10.6 Å². The monoisotopic (exact) mass is 221 g/mol. The summed E-state index contributed by atoms with van der Waals surface area (Å²) in [5.74, 6) is 1.81. The van der Waals surface area contributed by atoms with Gasteiger partial charge in [0.2, 0.25) is 5.95 Å². The Balaban J connectivity index is 1.65. The van der Waals surface area contributed by atoms with E-state index in [1.165, 1.54) is 12.4 Å². The molecule has 2 aliphatic rings. The predicted molar refractivity (Wildman–Crippen MR) is 55.9 cm³/mol. The third-order valence-electron chi connectivity index (χ3n) is 3.24. The number of fused-ring (bicyclic) bond motifs is 1. The van der Waals surface area contributed by atoms with Crippen molar-refractivity contribution < 1.29 is 4.92 Å². The third-order valence-corrected chi connectivity index (χ3v) is 3.24. The fraction of sp³-hybridized carbons (Fsp3) is 0.556. The van der Waals surface area contributed by atoms with E-state index in [2.05, 4.69) is 20.6 Å². The van der Waals surface area contributed by atoms with Gasteiger partial charge in [0.05, 0.1) is 4.92 Å². The number of nitrogens with zero attached hydrogens (tertiary/aromatic N) is 3. The average Bonchev–Trinajstić information content (AvgIpc) is 2.75. The summed E-state index contributed by atoms with van der Waals surface area (Å²) in [6.07, 6.45) is 2.46. The van der Waals surface area contributed by atoms with Crippen molar-refractivity contribution >= 4 is 11.6 Å². The van der Waals surface area contributed by atoms with E-state index in [0.717, 1.165) is 13.1 Å². The molecule has 2 unspecified atom stereocenters. The first kappa shape index (κ1) is 9.46. The lowest BCUT2D eigenvalue weighted by atomic mass is 10.4. The van der Waals surface area contributed by atoms with Crippen molar-refractivity contribution in [3.05, 3.63) is 22.5 Å². The number of nitrogens with one attached hydrogen (secondary N) is 2. The largest absolute Gasteiger partial charge is 0.351 e. The Kier molecular flexibility index (Phi) is 2.00. The Morgan fingerprint density at radius 3 is 2.56 bits per heavy atom. The van der Waals surface area contributed by atoms with Gasteiger partial charge >= 0.3 is 5.69 Å². The van der Waals surface area contributed by atoms with Crippen LogP contribution in [0.1, 0.15) is 0 Å². The van der Waals surface area contributed by atoms with Gasteiger partial charge in [-0.1, -0.05) is 0 Å². The molecular formula is C9H11N5O2. The van der Waals surface area contributed by atoms with Gasteiger partial charge in [-0.05, 0) is 11.8 Å². The Morgan fingerprint density at radius 1 is 1.38 bits per heavy atom. The highest BCUT2D eigenvalue weighted by Crippen LogP contribution is 2.43. The van der Waals surface area contributed by atoms with E-state index >= 15 is 0 Å². The molecule has 2 fully saturated rings. The van der Waals surface area contributed by atoms with E-state index < -0.39 is 4.92 Å². The number of piperidine rings is 1. The predicted octanol–water partition coefficient (Wildman–Crippen LogP) is 0.0145. The van der Waals surface area contributed by atoms with Crippen molar-refractivity contribution in [3.8, 4) is 0 Å². The molecule has 1 saturated heterocycles. The van der Waals surface area contributed by atoms with Gasteiger partial charge in [-0.2, -0.15) is 0 Å². The average molecular weight is 221 g/mol. The van der Waals surface area contributed by atoms with E-state index in [-0.39, 0.29) is 5.69 Å². The zero-order valence-electron chi connectivity index (χ0n) is 8.46. The molecule has 3 rings (SSSR count). The highest BCUT2D eigenvalue weighted by atomic mass is 16.6. The molecule has 7 heteroatoms. The highest BCUT2D eigenvalue weighted by molar-refractivity contribution is 5.35. The summed E-state index contributed by atoms with van der Waals surface area (Å²) in [5, 5.41) is 16.9. The number of anilines is 1. The maximum absolute atomic E-state index is 10.4. The molecule has 84 valence electrons. The molecule has 1 aromatic rings. The zero-order valence-corrected chi connectivity index (χ0v) is 8.46. The Hall–Kier alpha value is -1.76. The minimum absolute atomic E-state index is 0.0804. The molecule has 7 nitrogen and oxygen atoms in total. The minimum Gasteiger partial charge on any atom is -0.351 e. The van der Waals surface area contributed by atoms with Crippen molar-refractivity contribution in [2.45, 2.75) is 6.04 Å². The third kappa shape index (κ3) is 1.49. The summed E-state index contributed by atoms with van der Waals surface area (Å²) in [7, 11) is 0. The van der Waals surface area contributed by atoms with E-state index in [9.17, 15) is 10.1 Å². The first-order valence-corrected chi connectivity index (χ1v) is 5.19. The van der Waals surface area contributed by atoms with Crippen LogP contribution in [0.4, 0.5) is 11.6 Å². The second-order valence-corrected chi connectivity index (χ2v) is 4.18. The number of hydrogen-bond donors (Lipinski definition) is 2. The van der Waals surface area contributed by atoms with Crippen LogP contribution in [0.2, 0.25) is 0 Å². The van der Waals surface area contributed by atoms with Crippen molar-refractivity contribution in [2.75, 3.05) is 18.4 Å². The van der Waals surface area contributed by atoms with Crippen LogP contribution in [0, 0.1) is 22.0 Å². The number of aromatic nitrogens is 2. The minimum atomic E-state index is -0.500. The number of hydrogen-bond acceptors (Lipinski definition) is 6. The molecule has 2 heterocycles. The zero-order chi connectivity index (χ0) is 11.1. The fourth-order valence-corrected chi connectivity index (χ4v) is 2.27. The SMILES string of the molecule is O=[N+]([O-])c1cnc(NC2C3CNCC32)nc1. The van der Waals surface area contributed by atoms with E-state index in [4.69, 9.17) is 0 Å². The summed E-state index contributed by atoms with van der Waals surface area (Å²) >= 11 is 0. The van der Waals surface area contributed by atoms with E-state index in [0.29, 0.717) is 23.8 Å². The maximum atomic E-state index is 10.4. The van der Waals surface area contributed by atoms with Gasteiger partial charge in [-0.15, -0.1) is 0 Å². The molecule has 2 N–H and O–H groups in total. The van der Waals surface area contributed by atoms with Gasteiger partial charge in [0.15, 0.2) is 0 Å². The summed E-state index contributed by atoms with van der Waals surface area (Å²) in [4.78, 5) is 17.7. The quantitative estimate of drug-likeness (QED) is 0.552. The molecule has 0 amide bonds. The van der Waals surface area contributed by atoms with Gasteiger partial charge in [0.25, 0.3) is 0 Å². The van der Waals surface area contributed by atoms with Crippen LogP contribution in [0.3, 0.4) is 0 Å². The maximum Gasteiger partial charge on any atom is 0.305 e. The van der Waals surface area contributed by atoms with E-state index in [1.54, 1.807) is 0 Å². The molecule has 16 heavy (non-hydrogen) atoms. The fourth-order valence-electron chi connectivity index (χ4n) is 2.27. The Morgan fingerprint density at radius 2 is 2.00 bits per heavy atom. The number of nitro groups is 1. The first-order chi connectivity index (χ1) is 7.75. The Bertz CT molecular complexity index is 410. The molecule has 0 aromatic carbocycles. The van der Waals surface area contributed by atoms with Crippen LogP contribution in [-0.4, -0.2) is 34.0 Å². The lowest BCUT2D eigenvalue weighted by Crippen LogP contribution is -2.22. The first-order valence-electron chi connectivity index (χ1n) is 5.19. The van der Waals surface area contributed by atoms with Crippen LogP contribution < -0.4 is 10.6 Å². The van der Waals surface area contributed by atoms with Crippen molar-refractivity contribution in [2.24, 2.45) is 11.8 Å². The van der Waals surface area contributed by atoms with Gasteiger partial charge in [0.1, 0.15) is 12.4 Å². The van der Waals surface area contributed by atoms with Crippen LogP contribution in [-0.2, 0) is 0 Å². The van der Waals surface area contributed by atoms with E-state index in [1.807, 2.05) is 0 Å². The standard InChI is InChI=1S/C9H11N5O2/c15-14(16)5-1-11-9(12-2-5)13-8-6-3-10-4-7(6)8/h1-2,6-8,10H,3-4H2,(H,11,12,13). The summed E-state index contributed by atoms with van der Waals surface area (Å²) in [5.41, 5.74) is -0.0804. The molecule has 1 aliphatic carbocycles. The summed E-state index contributed by atoms with van der Waals surface area (Å²) < 4.78 is 0. The summed E-state index contributed by atoms with van der Waals surface area (Å²) in [6.45, 7) is 2.07. The summed E-state index contributed by atoms with van der Waals surface area (Å²) in [6, 6.07) is 0.433. The molecule has 0 radical (unpaired) electrons. The molecule has 2 atom stereocenters.